The third-order valence-electron chi connectivity index (χ3n) is 4.70. The highest BCUT2D eigenvalue weighted by molar-refractivity contribution is 6.02. The van der Waals surface area contributed by atoms with Crippen molar-refractivity contribution in [2.45, 2.75) is 44.1 Å². The second-order valence-electron chi connectivity index (χ2n) is 6.35. The van der Waals surface area contributed by atoms with Gasteiger partial charge in [0.25, 0.3) is 5.91 Å². The number of anilines is 1. The Morgan fingerprint density at radius 1 is 1.45 bits per heavy atom. The summed E-state index contributed by atoms with van der Waals surface area (Å²) in [7, 11) is 1.68. The van der Waals surface area contributed by atoms with Crippen molar-refractivity contribution in [3.8, 4) is 0 Å². The first kappa shape index (κ1) is 15.0. The molecule has 2 fully saturated rings. The standard InChI is InChI=1S/C15H22N4O3/c1-19-9-11(12(18-19)13(16)20)17-14(21)10-4-7-22-15(8-10)5-2-3-6-15/h9-10H,2-8H2,1H3,(H2,16,20)(H,17,21)/t10-/m0/s1. The van der Waals surface area contributed by atoms with Gasteiger partial charge in [-0.1, -0.05) is 12.8 Å². The lowest BCUT2D eigenvalue weighted by Crippen LogP contribution is -2.41. The van der Waals surface area contributed by atoms with Gasteiger partial charge in [-0.25, -0.2) is 0 Å². The maximum atomic E-state index is 12.5. The maximum Gasteiger partial charge on any atom is 0.271 e. The molecule has 7 heteroatoms. The number of amides is 2. The van der Waals surface area contributed by atoms with Gasteiger partial charge in [-0.05, 0) is 25.7 Å². The number of rotatable bonds is 3. The van der Waals surface area contributed by atoms with Gasteiger partial charge < -0.3 is 15.8 Å². The lowest BCUT2D eigenvalue weighted by molar-refractivity contribution is -0.133. The van der Waals surface area contributed by atoms with Gasteiger partial charge in [0, 0.05) is 25.8 Å². The molecule has 120 valence electrons. The van der Waals surface area contributed by atoms with Crippen LogP contribution in [-0.4, -0.2) is 33.8 Å². The number of aryl methyl sites for hydroxylation is 1. The fraction of sp³-hybridized carbons (Fsp3) is 0.667. The Labute approximate surface area is 129 Å². The Hall–Kier alpha value is -1.89. The number of primary amides is 1. The van der Waals surface area contributed by atoms with Gasteiger partial charge in [0.15, 0.2) is 5.69 Å². The van der Waals surface area contributed by atoms with E-state index in [0.717, 1.165) is 19.3 Å². The van der Waals surface area contributed by atoms with Crippen LogP contribution in [0.5, 0.6) is 0 Å². The van der Waals surface area contributed by atoms with Gasteiger partial charge in [-0.15, -0.1) is 0 Å². The van der Waals surface area contributed by atoms with E-state index >= 15 is 0 Å². The molecule has 1 atom stereocenters. The van der Waals surface area contributed by atoms with Gasteiger partial charge in [-0.2, -0.15) is 5.10 Å². The Balaban J connectivity index is 1.70. The highest BCUT2D eigenvalue weighted by Gasteiger charge is 2.42. The minimum atomic E-state index is -0.643. The summed E-state index contributed by atoms with van der Waals surface area (Å²) >= 11 is 0. The zero-order chi connectivity index (χ0) is 15.7. The third-order valence-corrected chi connectivity index (χ3v) is 4.70. The summed E-state index contributed by atoms with van der Waals surface area (Å²) < 4.78 is 7.42. The molecule has 1 aliphatic heterocycles. The molecule has 2 aliphatic rings. The molecule has 7 nitrogen and oxygen atoms in total. The monoisotopic (exact) mass is 306 g/mol. The number of carbonyl (C=O) groups excluding carboxylic acids is 2. The fourth-order valence-electron chi connectivity index (χ4n) is 3.62. The Kier molecular flexibility index (Phi) is 3.90. The third kappa shape index (κ3) is 2.85. The molecule has 3 N–H and O–H groups in total. The summed E-state index contributed by atoms with van der Waals surface area (Å²) in [6.07, 6.45) is 7.48. The van der Waals surface area contributed by atoms with E-state index in [1.165, 1.54) is 17.5 Å². The molecule has 0 aromatic carbocycles. The zero-order valence-electron chi connectivity index (χ0n) is 12.8. The highest BCUT2D eigenvalue weighted by Crippen LogP contribution is 2.42. The van der Waals surface area contributed by atoms with Crippen LogP contribution < -0.4 is 11.1 Å². The van der Waals surface area contributed by atoms with Crippen molar-refractivity contribution in [3.05, 3.63) is 11.9 Å². The van der Waals surface area contributed by atoms with E-state index in [4.69, 9.17) is 10.5 Å². The minimum absolute atomic E-state index is 0.0786. The van der Waals surface area contributed by atoms with Crippen molar-refractivity contribution in [1.82, 2.24) is 9.78 Å². The molecule has 1 saturated carbocycles. The number of ether oxygens (including phenoxy) is 1. The summed E-state index contributed by atoms with van der Waals surface area (Å²) in [5.74, 6) is -0.812. The van der Waals surface area contributed by atoms with Crippen LogP contribution in [0, 0.1) is 5.92 Å². The van der Waals surface area contributed by atoms with E-state index < -0.39 is 5.91 Å². The van der Waals surface area contributed by atoms with Crippen LogP contribution in [0.25, 0.3) is 0 Å². The van der Waals surface area contributed by atoms with E-state index in [-0.39, 0.29) is 23.1 Å². The Morgan fingerprint density at radius 3 is 2.86 bits per heavy atom. The van der Waals surface area contributed by atoms with E-state index in [1.54, 1.807) is 13.2 Å². The molecule has 0 radical (unpaired) electrons. The molecule has 0 bridgehead atoms. The summed E-state index contributed by atoms with van der Waals surface area (Å²) in [5.41, 5.74) is 5.66. The Morgan fingerprint density at radius 2 is 2.18 bits per heavy atom. The van der Waals surface area contributed by atoms with Crippen LogP contribution in [0.15, 0.2) is 6.20 Å². The van der Waals surface area contributed by atoms with Crippen LogP contribution in [0.2, 0.25) is 0 Å². The topological polar surface area (TPSA) is 99.2 Å². The molecular formula is C15H22N4O3. The van der Waals surface area contributed by atoms with Crippen LogP contribution in [0.1, 0.15) is 49.0 Å². The first-order valence-electron chi connectivity index (χ1n) is 7.77. The normalized spacial score (nSPS) is 23.6. The Bertz CT molecular complexity index is 590. The van der Waals surface area contributed by atoms with Crippen molar-refractivity contribution in [2.24, 2.45) is 18.7 Å². The van der Waals surface area contributed by atoms with E-state index in [9.17, 15) is 9.59 Å². The number of aromatic nitrogens is 2. The van der Waals surface area contributed by atoms with Crippen LogP contribution in [0.4, 0.5) is 5.69 Å². The molecule has 2 heterocycles. The largest absolute Gasteiger partial charge is 0.375 e. The zero-order valence-corrected chi connectivity index (χ0v) is 12.8. The average molecular weight is 306 g/mol. The van der Waals surface area contributed by atoms with E-state index in [2.05, 4.69) is 10.4 Å². The first-order chi connectivity index (χ1) is 10.5. The second-order valence-corrected chi connectivity index (χ2v) is 6.35. The van der Waals surface area contributed by atoms with Crippen molar-refractivity contribution in [3.63, 3.8) is 0 Å². The molecular weight excluding hydrogens is 284 g/mol. The molecule has 1 spiro atoms. The van der Waals surface area contributed by atoms with Gasteiger partial charge in [0.05, 0.1) is 11.3 Å². The minimum Gasteiger partial charge on any atom is -0.375 e. The molecule has 22 heavy (non-hydrogen) atoms. The number of hydrogen-bond donors (Lipinski definition) is 2. The second kappa shape index (κ2) is 5.72. The summed E-state index contributed by atoms with van der Waals surface area (Å²) in [5, 5.41) is 6.79. The SMILES string of the molecule is Cn1cc(NC(=O)[C@H]2CCOC3(CCCC3)C2)c(C(N)=O)n1. The average Bonchev–Trinajstić information content (AvgIpc) is 3.06. The van der Waals surface area contributed by atoms with Crippen molar-refractivity contribution in [1.29, 1.82) is 0 Å². The lowest BCUT2D eigenvalue weighted by Gasteiger charge is -2.37. The van der Waals surface area contributed by atoms with Crippen LogP contribution >= 0.6 is 0 Å². The van der Waals surface area contributed by atoms with Crippen molar-refractivity contribution >= 4 is 17.5 Å². The molecule has 3 rings (SSSR count). The molecule has 1 aromatic heterocycles. The van der Waals surface area contributed by atoms with Crippen molar-refractivity contribution < 1.29 is 14.3 Å². The molecule has 2 amide bonds. The first-order valence-corrected chi connectivity index (χ1v) is 7.77. The van der Waals surface area contributed by atoms with Gasteiger partial charge in [0.2, 0.25) is 5.91 Å². The number of hydrogen-bond acceptors (Lipinski definition) is 4. The fourth-order valence-corrected chi connectivity index (χ4v) is 3.62. The molecule has 0 unspecified atom stereocenters. The quantitative estimate of drug-likeness (QED) is 0.876. The van der Waals surface area contributed by atoms with Crippen LogP contribution in [-0.2, 0) is 16.6 Å². The number of carbonyl (C=O) groups is 2. The van der Waals surface area contributed by atoms with Crippen molar-refractivity contribution in [2.75, 3.05) is 11.9 Å². The van der Waals surface area contributed by atoms with Crippen LogP contribution in [0.3, 0.4) is 0 Å². The van der Waals surface area contributed by atoms with E-state index in [1.807, 2.05) is 0 Å². The molecule has 1 aromatic rings. The predicted molar refractivity (Wildman–Crippen MR) is 80.2 cm³/mol. The summed E-state index contributed by atoms with van der Waals surface area (Å²) in [6.45, 7) is 0.619. The smallest absolute Gasteiger partial charge is 0.271 e. The summed E-state index contributed by atoms with van der Waals surface area (Å²) in [4.78, 5) is 23.9. The molecule has 1 aliphatic carbocycles. The maximum absolute atomic E-state index is 12.5. The summed E-state index contributed by atoms with van der Waals surface area (Å²) in [6, 6.07) is 0. The predicted octanol–water partition coefficient (Wildman–Crippen LogP) is 1.20. The van der Waals surface area contributed by atoms with E-state index in [0.29, 0.717) is 18.7 Å². The van der Waals surface area contributed by atoms with Gasteiger partial charge >= 0.3 is 0 Å². The number of nitrogens with two attached hydrogens (primary N) is 1. The lowest BCUT2D eigenvalue weighted by atomic mass is 9.84. The number of nitrogens with zero attached hydrogens (tertiary/aromatic N) is 2. The number of nitrogens with one attached hydrogen (secondary N) is 1. The highest BCUT2D eigenvalue weighted by atomic mass is 16.5. The van der Waals surface area contributed by atoms with Gasteiger partial charge in [0.1, 0.15) is 0 Å². The van der Waals surface area contributed by atoms with Gasteiger partial charge in [-0.3, -0.25) is 14.3 Å². The molecule has 1 saturated heterocycles.